The first kappa shape index (κ1) is 12.9. The second-order valence-electron chi connectivity index (χ2n) is 4.66. The van der Waals surface area contributed by atoms with Gasteiger partial charge in [-0.05, 0) is 30.7 Å². The van der Waals surface area contributed by atoms with E-state index in [0.717, 1.165) is 29.8 Å². The van der Waals surface area contributed by atoms with Crippen LogP contribution in [0.25, 0.3) is 11.0 Å². The first-order valence-electron chi connectivity index (χ1n) is 6.70. The van der Waals surface area contributed by atoms with E-state index in [0.29, 0.717) is 6.42 Å². The molecule has 3 nitrogen and oxygen atoms in total. The summed E-state index contributed by atoms with van der Waals surface area (Å²) in [4.78, 5) is 7.27. The number of para-hydroxylation sites is 2. The number of fused-ring (bicyclic) bond motifs is 1. The molecule has 0 radical (unpaired) electrons. The number of nitrogens with zero attached hydrogens (tertiary/aromatic N) is 3. The fourth-order valence-corrected chi connectivity index (χ4v) is 3.31. The van der Waals surface area contributed by atoms with E-state index in [1.165, 1.54) is 9.75 Å². The molecule has 2 heterocycles. The number of hydrogen-bond donors (Lipinski definition) is 0. The number of aromatic nitrogens is 2. The third-order valence-electron chi connectivity index (χ3n) is 3.35. The molecule has 0 amide bonds. The predicted molar refractivity (Wildman–Crippen MR) is 81.8 cm³/mol. The summed E-state index contributed by atoms with van der Waals surface area (Å²) in [5, 5.41) is 8.98. The summed E-state index contributed by atoms with van der Waals surface area (Å²) in [7, 11) is 0. The molecular weight excluding hydrogens is 266 g/mol. The van der Waals surface area contributed by atoms with Gasteiger partial charge in [0.1, 0.15) is 5.82 Å². The fourth-order valence-electron chi connectivity index (χ4n) is 2.36. The van der Waals surface area contributed by atoms with E-state index < -0.39 is 0 Å². The Balaban J connectivity index is 2.04. The summed E-state index contributed by atoms with van der Waals surface area (Å²) >= 11 is 1.83. The van der Waals surface area contributed by atoms with Crippen LogP contribution in [0.5, 0.6) is 0 Å². The maximum atomic E-state index is 8.98. The third-order valence-corrected chi connectivity index (χ3v) is 4.56. The largest absolute Gasteiger partial charge is 0.322 e. The van der Waals surface area contributed by atoms with Crippen molar-refractivity contribution < 1.29 is 0 Å². The Kier molecular flexibility index (Phi) is 3.53. The minimum Gasteiger partial charge on any atom is -0.322 e. The van der Waals surface area contributed by atoms with Crippen molar-refractivity contribution >= 4 is 22.4 Å². The molecule has 3 rings (SSSR count). The van der Waals surface area contributed by atoms with Crippen molar-refractivity contribution in [1.82, 2.24) is 9.55 Å². The van der Waals surface area contributed by atoms with Gasteiger partial charge >= 0.3 is 0 Å². The molecule has 0 atom stereocenters. The highest BCUT2D eigenvalue weighted by Crippen LogP contribution is 2.22. The predicted octanol–water partition coefficient (Wildman–Crippen LogP) is 3.77. The summed E-state index contributed by atoms with van der Waals surface area (Å²) in [5.74, 6) is 0.847. The Bertz CT molecular complexity index is 776. The van der Waals surface area contributed by atoms with Crippen LogP contribution in [0.2, 0.25) is 0 Å². The standard InChI is InChI=1S/C16H15N3S/c1-2-12-7-8-13(20-12)11-19-15-6-4-3-5-14(15)18-16(19)9-10-17/h3-8H,2,9,11H2,1H3. The molecule has 0 saturated heterocycles. The summed E-state index contributed by atoms with van der Waals surface area (Å²) in [5.41, 5.74) is 2.06. The zero-order valence-corrected chi connectivity index (χ0v) is 12.2. The highest BCUT2D eigenvalue weighted by molar-refractivity contribution is 7.11. The number of hydrogen-bond acceptors (Lipinski definition) is 3. The van der Waals surface area contributed by atoms with Crippen LogP contribution in [0.15, 0.2) is 36.4 Å². The van der Waals surface area contributed by atoms with Crippen LogP contribution in [-0.4, -0.2) is 9.55 Å². The molecule has 100 valence electrons. The second kappa shape index (κ2) is 5.48. The van der Waals surface area contributed by atoms with Crippen LogP contribution >= 0.6 is 11.3 Å². The molecule has 0 fully saturated rings. The van der Waals surface area contributed by atoms with Crippen molar-refractivity contribution in [3.8, 4) is 6.07 Å². The van der Waals surface area contributed by atoms with Gasteiger partial charge in [0.2, 0.25) is 0 Å². The van der Waals surface area contributed by atoms with E-state index in [9.17, 15) is 0 Å². The minimum absolute atomic E-state index is 0.348. The minimum atomic E-state index is 0.348. The van der Waals surface area contributed by atoms with Crippen LogP contribution in [0.4, 0.5) is 0 Å². The Hall–Kier alpha value is -2.12. The van der Waals surface area contributed by atoms with E-state index in [-0.39, 0.29) is 0 Å². The molecule has 0 aliphatic heterocycles. The monoisotopic (exact) mass is 281 g/mol. The molecule has 0 unspecified atom stereocenters. The normalized spacial score (nSPS) is 10.8. The molecule has 0 spiro atoms. The van der Waals surface area contributed by atoms with Crippen LogP contribution < -0.4 is 0 Å². The van der Waals surface area contributed by atoms with Crippen molar-refractivity contribution in [2.24, 2.45) is 0 Å². The Morgan fingerprint density at radius 1 is 1.20 bits per heavy atom. The lowest BCUT2D eigenvalue weighted by Crippen LogP contribution is -2.03. The molecule has 20 heavy (non-hydrogen) atoms. The van der Waals surface area contributed by atoms with Gasteiger partial charge in [-0.15, -0.1) is 11.3 Å². The maximum Gasteiger partial charge on any atom is 0.124 e. The highest BCUT2D eigenvalue weighted by atomic mass is 32.1. The van der Waals surface area contributed by atoms with E-state index in [2.05, 4.69) is 40.7 Å². The first-order valence-corrected chi connectivity index (χ1v) is 7.52. The molecule has 0 saturated carbocycles. The molecule has 0 aliphatic carbocycles. The molecule has 0 aliphatic rings. The van der Waals surface area contributed by atoms with Gasteiger partial charge in [-0.1, -0.05) is 19.1 Å². The van der Waals surface area contributed by atoms with Gasteiger partial charge in [-0.3, -0.25) is 0 Å². The van der Waals surface area contributed by atoms with E-state index in [4.69, 9.17) is 5.26 Å². The van der Waals surface area contributed by atoms with Gasteiger partial charge in [-0.25, -0.2) is 4.98 Å². The maximum absolute atomic E-state index is 8.98. The number of imidazole rings is 1. The molecule has 0 bridgehead atoms. The molecule has 4 heteroatoms. The lowest BCUT2D eigenvalue weighted by molar-refractivity contribution is 0.779. The van der Waals surface area contributed by atoms with Crippen LogP contribution in [-0.2, 0) is 19.4 Å². The van der Waals surface area contributed by atoms with Crippen LogP contribution in [0, 0.1) is 11.3 Å². The summed E-state index contributed by atoms with van der Waals surface area (Å²) in [6.45, 7) is 2.96. The molecule has 1 aromatic carbocycles. The van der Waals surface area contributed by atoms with Crippen LogP contribution in [0.1, 0.15) is 22.5 Å². The van der Waals surface area contributed by atoms with Gasteiger partial charge < -0.3 is 4.57 Å². The van der Waals surface area contributed by atoms with Gasteiger partial charge in [0.05, 0.1) is 30.1 Å². The Morgan fingerprint density at radius 3 is 2.75 bits per heavy atom. The van der Waals surface area contributed by atoms with Gasteiger partial charge in [0, 0.05) is 9.75 Å². The second-order valence-corrected chi connectivity index (χ2v) is 5.91. The van der Waals surface area contributed by atoms with E-state index >= 15 is 0 Å². The molecule has 0 N–H and O–H groups in total. The fraction of sp³-hybridized carbons (Fsp3) is 0.250. The topological polar surface area (TPSA) is 41.6 Å². The average molecular weight is 281 g/mol. The quantitative estimate of drug-likeness (QED) is 0.730. The van der Waals surface area contributed by atoms with Gasteiger partial charge in [0.15, 0.2) is 0 Å². The highest BCUT2D eigenvalue weighted by Gasteiger charge is 2.11. The Morgan fingerprint density at radius 2 is 2.00 bits per heavy atom. The van der Waals surface area contributed by atoms with Crippen molar-refractivity contribution in [3.63, 3.8) is 0 Å². The molecule has 3 aromatic rings. The van der Waals surface area contributed by atoms with Gasteiger partial charge in [-0.2, -0.15) is 5.26 Å². The van der Waals surface area contributed by atoms with E-state index in [1.54, 1.807) is 0 Å². The van der Waals surface area contributed by atoms with Gasteiger partial charge in [0.25, 0.3) is 0 Å². The summed E-state index contributed by atoms with van der Waals surface area (Å²) in [6, 6.07) is 14.6. The third kappa shape index (κ3) is 2.33. The van der Waals surface area contributed by atoms with Crippen molar-refractivity contribution in [3.05, 3.63) is 52.0 Å². The molecular formula is C16H15N3S. The first-order chi connectivity index (χ1) is 9.81. The Labute approximate surface area is 122 Å². The molecule has 2 aromatic heterocycles. The smallest absolute Gasteiger partial charge is 0.124 e. The number of benzene rings is 1. The summed E-state index contributed by atoms with van der Waals surface area (Å²) < 4.78 is 2.16. The zero-order valence-electron chi connectivity index (χ0n) is 11.3. The lowest BCUT2D eigenvalue weighted by atomic mass is 10.3. The van der Waals surface area contributed by atoms with Crippen molar-refractivity contribution in [2.75, 3.05) is 0 Å². The zero-order chi connectivity index (χ0) is 13.9. The lowest BCUT2D eigenvalue weighted by Gasteiger charge is -2.05. The van der Waals surface area contributed by atoms with Crippen LogP contribution in [0.3, 0.4) is 0 Å². The number of aryl methyl sites for hydroxylation is 1. The average Bonchev–Trinajstić information content (AvgIpc) is 3.05. The summed E-state index contributed by atoms with van der Waals surface area (Å²) in [6.07, 6.45) is 1.42. The number of thiophene rings is 1. The number of rotatable bonds is 4. The SMILES string of the molecule is CCc1ccc(Cn2c(CC#N)nc3ccccc32)s1. The van der Waals surface area contributed by atoms with Crippen molar-refractivity contribution in [2.45, 2.75) is 26.3 Å². The van der Waals surface area contributed by atoms with E-state index in [1.807, 2.05) is 29.5 Å². The number of nitriles is 1. The van der Waals surface area contributed by atoms with Crippen molar-refractivity contribution in [1.29, 1.82) is 5.26 Å².